The molecule has 0 spiro atoms. The maximum absolute atomic E-state index is 5.73. The lowest BCUT2D eigenvalue weighted by molar-refractivity contribution is 0.0204. The molecule has 15 heavy (non-hydrogen) atoms. The normalized spacial score (nSPS) is 28.2. The van der Waals surface area contributed by atoms with Crippen molar-refractivity contribution in [2.45, 2.75) is 39.2 Å². The van der Waals surface area contributed by atoms with Gasteiger partial charge in [0.05, 0.1) is 5.60 Å². The zero-order chi connectivity index (χ0) is 11.1. The summed E-state index contributed by atoms with van der Waals surface area (Å²) in [6, 6.07) is 0. The van der Waals surface area contributed by atoms with E-state index in [0.717, 1.165) is 32.8 Å². The van der Waals surface area contributed by atoms with E-state index in [-0.39, 0.29) is 5.60 Å². The lowest BCUT2D eigenvalue weighted by atomic mass is 10.0. The predicted octanol–water partition coefficient (Wildman–Crippen LogP) is 1.39. The molecule has 0 amide bonds. The zero-order valence-corrected chi connectivity index (χ0v) is 10.4. The molecule has 2 N–H and O–H groups in total. The van der Waals surface area contributed by atoms with Crippen LogP contribution < -0.4 is 10.6 Å². The van der Waals surface area contributed by atoms with Crippen LogP contribution in [0.1, 0.15) is 33.6 Å². The summed E-state index contributed by atoms with van der Waals surface area (Å²) in [6.07, 6.45) is 2.41. The Morgan fingerprint density at radius 1 is 1.33 bits per heavy atom. The first-order chi connectivity index (χ1) is 7.16. The van der Waals surface area contributed by atoms with Crippen molar-refractivity contribution in [2.75, 3.05) is 32.8 Å². The Kier molecular flexibility index (Phi) is 5.58. The molecule has 0 aliphatic carbocycles. The maximum atomic E-state index is 5.73. The standard InChI is InChI=1S/C12H26N2O/c1-4-13-8-11(2)9-14-10-12(3)6-5-7-15-12/h11,13-14H,4-10H2,1-3H3. The molecule has 1 rings (SSSR count). The molecule has 0 saturated carbocycles. The molecule has 0 aromatic heterocycles. The minimum atomic E-state index is 0.0951. The lowest BCUT2D eigenvalue weighted by Crippen LogP contribution is -2.40. The average Bonchev–Trinajstić information content (AvgIpc) is 2.62. The summed E-state index contributed by atoms with van der Waals surface area (Å²) in [7, 11) is 0. The van der Waals surface area contributed by atoms with Gasteiger partial charge in [-0.2, -0.15) is 0 Å². The van der Waals surface area contributed by atoms with Gasteiger partial charge >= 0.3 is 0 Å². The van der Waals surface area contributed by atoms with Gasteiger partial charge < -0.3 is 15.4 Å². The molecule has 2 unspecified atom stereocenters. The molecular weight excluding hydrogens is 188 g/mol. The lowest BCUT2D eigenvalue weighted by Gasteiger charge is -2.24. The van der Waals surface area contributed by atoms with Crippen LogP contribution >= 0.6 is 0 Å². The van der Waals surface area contributed by atoms with Crippen LogP contribution in [0.2, 0.25) is 0 Å². The molecule has 1 saturated heterocycles. The predicted molar refractivity (Wildman–Crippen MR) is 64.2 cm³/mol. The molecule has 0 aromatic carbocycles. The Balaban J connectivity index is 2.04. The van der Waals surface area contributed by atoms with Gasteiger partial charge in [0.25, 0.3) is 0 Å². The average molecular weight is 214 g/mol. The molecular formula is C12H26N2O. The second kappa shape index (κ2) is 6.46. The summed E-state index contributed by atoms with van der Waals surface area (Å²) >= 11 is 0. The highest BCUT2D eigenvalue weighted by Crippen LogP contribution is 2.23. The molecule has 1 aliphatic rings. The van der Waals surface area contributed by atoms with Crippen molar-refractivity contribution in [1.82, 2.24) is 10.6 Å². The van der Waals surface area contributed by atoms with Crippen LogP contribution in [-0.4, -0.2) is 38.4 Å². The van der Waals surface area contributed by atoms with E-state index in [9.17, 15) is 0 Å². The maximum Gasteiger partial charge on any atom is 0.0779 e. The van der Waals surface area contributed by atoms with E-state index in [0.29, 0.717) is 5.92 Å². The fraction of sp³-hybridized carbons (Fsp3) is 1.00. The quantitative estimate of drug-likeness (QED) is 0.672. The fourth-order valence-electron chi connectivity index (χ4n) is 2.02. The first kappa shape index (κ1) is 12.9. The van der Waals surface area contributed by atoms with Crippen molar-refractivity contribution in [2.24, 2.45) is 5.92 Å². The third kappa shape index (κ3) is 4.96. The van der Waals surface area contributed by atoms with Crippen LogP contribution in [0.3, 0.4) is 0 Å². The molecule has 0 aromatic rings. The Morgan fingerprint density at radius 3 is 2.67 bits per heavy atom. The molecule has 2 atom stereocenters. The van der Waals surface area contributed by atoms with E-state index in [1.165, 1.54) is 12.8 Å². The van der Waals surface area contributed by atoms with Crippen molar-refractivity contribution in [3.05, 3.63) is 0 Å². The highest BCUT2D eigenvalue weighted by Gasteiger charge is 2.28. The van der Waals surface area contributed by atoms with E-state index in [1.54, 1.807) is 0 Å². The number of hydrogen-bond acceptors (Lipinski definition) is 3. The minimum Gasteiger partial charge on any atom is -0.374 e. The number of hydrogen-bond donors (Lipinski definition) is 2. The molecule has 1 fully saturated rings. The topological polar surface area (TPSA) is 33.3 Å². The van der Waals surface area contributed by atoms with Gasteiger partial charge in [-0.25, -0.2) is 0 Å². The number of rotatable bonds is 7. The van der Waals surface area contributed by atoms with E-state index in [1.807, 2.05) is 0 Å². The molecule has 3 heteroatoms. The summed E-state index contributed by atoms with van der Waals surface area (Å²) in [5.74, 6) is 0.690. The summed E-state index contributed by atoms with van der Waals surface area (Å²) in [5.41, 5.74) is 0.0951. The van der Waals surface area contributed by atoms with Crippen LogP contribution in [-0.2, 0) is 4.74 Å². The summed E-state index contributed by atoms with van der Waals surface area (Å²) in [5, 5.41) is 6.88. The van der Waals surface area contributed by atoms with Crippen LogP contribution in [0, 0.1) is 5.92 Å². The van der Waals surface area contributed by atoms with Gasteiger partial charge in [0, 0.05) is 13.2 Å². The summed E-state index contributed by atoms with van der Waals surface area (Å²) in [6.45, 7) is 11.8. The van der Waals surface area contributed by atoms with E-state index < -0.39 is 0 Å². The van der Waals surface area contributed by atoms with Gasteiger partial charge in [-0.3, -0.25) is 0 Å². The van der Waals surface area contributed by atoms with Gasteiger partial charge in [-0.15, -0.1) is 0 Å². The van der Waals surface area contributed by atoms with Crippen molar-refractivity contribution < 1.29 is 4.74 Å². The molecule has 1 heterocycles. The minimum absolute atomic E-state index is 0.0951. The first-order valence-corrected chi connectivity index (χ1v) is 6.22. The molecule has 1 aliphatic heterocycles. The SMILES string of the molecule is CCNCC(C)CNCC1(C)CCCO1. The second-order valence-electron chi connectivity index (χ2n) is 4.95. The van der Waals surface area contributed by atoms with Gasteiger partial charge in [0.1, 0.15) is 0 Å². The summed E-state index contributed by atoms with van der Waals surface area (Å²) < 4.78 is 5.73. The van der Waals surface area contributed by atoms with Crippen molar-refractivity contribution in [3.63, 3.8) is 0 Å². The van der Waals surface area contributed by atoms with Crippen LogP contribution in [0.4, 0.5) is 0 Å². The molecule has 3 nitrogen and oxygen atoms in total. The third-order valence-corrected chi connectivity index (χ3v) is 3.04. The van der Waals surface area contributed by atoms with Crippen LogP contribution in [0.15, 0.2) is 0 Å². The number of nitrogens with one attached hydrogen (secondary N) is 2. The monoisotopic (exact) mass is 214 g/mol. The Bertz CT molecular complexity index is 167. The van der Waals surface area contributed by atoms with E-state index in [2.05, 4.69) is 31.4 Å². The van der Waals surface area contributed by atoms with Crippen LogP contribution in [0.5, 0.6) is 0 Å². The van der Waals surface area contributed by atoms with Crippen molar-refractivity contribution in [3.8, 4) is 0 Å². The van der Waals surface area contributed by atoms with Gasteiger partial charge in [-0.05, 0) is 45.3 Å². The Hall–Kier alpha value is -0.120. The van der Waals surface area contributed by atoms with Crippen molar-refractivity contribution in [1.29, 1.82) is 0 Å². The summed E-state index contributed by atoms with van der Waals surface area (Å²) in [4.78, 5) is 0. The van der Waals surface area contributed by atoms with E-state index >= 15 is 0 Å². The molecule has 0 radical (unpaired) electrons. The zero-order valence-electron chi connectivity index (χ0n) is 10.4. The highest BCUT2D eigenvalue weighted by atomic mass is 16.5. The molecule has 90 valence electrons. The van der Waals surface area contributed by atoms with E-state index in [4.69, 9.17) is 4.74 Å². The van der Waals surface area contributed by atoms with Crippen LogP contribution in [0.25, 0.3) is 0 Å². The largest absolute Gasteiger partial charge is 0.374 e. The van der Waals surface area contributed by atoms with Crippen molar-refractivity contribution >= 4 is 0 Å². The van der Waals surface area contributed by atoms with Gasteiger partial charge in [-0.1, -0.05) is 13.8 Å². The smallest absolute Gasteiger partial charge is 0.0779 e. The third-order valence-electron chi connectivity index (χ3n) is 3.04. The Morgan fingerprint density at radius 2 is 2.07 bits per heavy atom. The number of ether oxygens (including phenoxy) is 1. The first-order valence-electron chi connectivity index (χ1n) is 6.22. The molecule has 0 bridgehead atoms. The fourth-order valence-corrected chi connectivity index (χ4v) is 2.02. The van der Waals surface area contributed by atoms with Gasteiger partial charge in [0.15, 0.2) is 0 Å². The highest BCUT2D eigenvalue weighted by molar-refractivity contribution is 4.82. The second-order valence-corrected chi connectivity index (χ2v) is 4.95. The van der Waals surface area contributed by atoms with Gasteiger partial charge in [0.2, 0.25) is 0 Å². The Labute approximate surface area is 94.0 Å².